The molecule has 0 saturated heterocycles. The third kappa shape index (κ3) is 5.60. The van der Waals surface area contributed by atoms with Crippen LogP contribution >= 0.6 is 11.6 Å². The lowest BCUT2D eigenvalue weighted by Gasteiger charge is -2.11. The van der Waals surface area contributed by atoms with Crippen molar-refractivity contribution in [2.24, 2.45) is 0 Å². The maximum atomic E-state index is 13.6. The first-order valence-corrected chi connectivity index (χ1v) is 8.19. The van der Waals surface area contributed by atoms with Gasteiger partial charge in [-0.05, 0) is 37.3 Å². The van der Waals surface area contributed by atoms with E-state index in [1.54, 1.807) is 24.3 Å². The van der Waals surface area contributed by atoms with Crippen molar-refractivity contribution < 1.29 is 23.5 Å². The Morgan fingerprint density at radius 1 is 1.19 bits per heavy atom. The van der Waals surface area contributed by atoms with Crippen molar-refractivity contribution in [2.45, 2.75) is 6.92 Å². The number of hydrogen-bond acceptors (Lipinski definition) is 4. The number of carbonyl (C=O) groups excluding carboxylic acids is 2. The van der Waals surface area contributed by atoms with Crippen LogP contribution in [0.3, 0.4) is 0 Å². The number of esters is 1. The molecule has 2 rings (SSSR count). The predicted molar refractivity (Wildman–Crippen MR) is 97.6 cm³/mol. The maximum Gasteiger partial charge on any atom is 0.331 e. The van der Waals surface area contributed by atoms with E-state index >= 15 is 0 Å². The second-order valence-corrected chi connectivity index (χ2v) is 5.46. The number of amides is 1. The van der Waals surface area contributed by atoms with Gasteiger partial charge in [0.1, 0.15) is 11.6 Å². The monoisotopic (exact) mass is 377 g/mol. The molecule has 0 aliphatic rings. The summed E-state index contributed by atoms with van der Waals surface area (Å²) < 4.78 is 23.8. The Hall–Kier alpha value is -2.86. The molecule has 0 atom stereocenters. The van der Waals surface area contributed by atoms with Crippen LogP contribution in [0.15, 0.2) is 48.5 Å². The van der Waals surface area contributed by atoms with Crippen LogP contribution in [0.5, 0.6) is 5.75 Å². The molecule has 0 aliphatic carbocycles. The Morgan fingerprint density at radius 3 is 2.69 bits per heavy atom. The van der Waals surface area contributed by atoms with Crippen LogP contribution in [0.4, 0.5) is 10.1 Å². The Kier molecular flexibility index (Phi) is 7.17. The minimum Gasteiger partial charge on any atom is -0.492 e. The van der Waals surface area contributed by atoms with Gasteiger partial charge in [0.25, 0.3) is 5.91 Å². The largest absolute Gasteiger partial charge is 0.492 e. The number of anilines is 1. The van der Waals surface area contributed by atoms with Crippen LogP contribution in [0, 0.1) is 5.82 Å². The van der Waals surface area contributed by atoms with E-state index in [1.165, 1.54) is 24.3 Å². The van der Waals surface area contributed by atoms with Crippen LogP contribution in [0.25, 0.3) is 6.08 Å². The van der Waals surface area contributed by atoms with Gasteiger partial charge in [-0.1, -0.05) is 29.8 Å². The van der Waals surface area contributed by atoms with Gasteiger partial charge in [0.05, 0.1) is 17.3 Å². The second-order valence-electron chi connectivity index (χ2n) is 5.05. The third-order valence-corrected chi connectivity index (χ3v) is 3.52. The summed E-state index contributed by atoms with van der Waals surface area (Å²) in [6.45, 7) is 1.79. The van der Waals surface area contributed by atoms with E-state index in [-0.39, 0.29) is 10.6 Å². The van der Waals surface area contributed by atoms with E-state index in [1.807, 2.05) is 6.92 Å². The number of nitrogens with one attached hydrogen (secondary N) is 1. The van der Waals surface area contributed by atoms with Gasteiger partial charge in [-0.25, -0.2) is 9.18 Å². The zero-order valence-corrected chi connectivity index (χ0v) is 14.8. The highest BCUT2D eigenvalue weighted by Crippen LogP contribution is 2.23. The van der Waals surface area contributed by atoms with Crippen molar-refractivity contribution in [3.8, 4) is 5.75 Å². The summed E-state index contributed by atoms with van der Waals surface area (Å²) in [5.41, 5.74) is 0.547. The van der Waals surface area contributed by atoms with Crippen molar-refractivity contribution in [3.05, 3.63) is 64.9 Å². The van der Waals surface area contributed by atoms with E-state index < -0.39 is 24.3 Å². The molecule has 0 unspecified atom stereocenters. The van der Waals surface area contributed by atoms with E-state index in [9.17, 15) is 14.0 Å². The quantitative estimate of drug-likeness (QED) is 0.583. The first-order chi connectivity index (χ1) is 12.5. The van der Waals surface area contributed by atoms with Gasteiger partial charge in [-0.15, -0.1) is 0 Å². The molecule has 0 bridgehead atoms. The summed E-state index contributed by atoms with van der Waals surface area (Å²) in [5, 5.41) is 2.76. The number of rotatable bonds is 7. The first kappa shape index (κ1) is 19.5. The molecular formula is C19H17ClFNO4. The maximum absolute atomic E-state index is 13.6. The summed E-state index contributed by atoms with van der Waals surface area (Å²) in [5.74, 6) is -1.36. The molecule has 5 nitrogen and oxygen atoms in total. The second kappa shape index (κ2) is 9.58. The number of ether oxygens (including phenoxy) is 2. The average molecular weight is 378 g/mol. The molecule has 0 aliphatic heterocycles. The number of hydrogen-bond donors (Lipinski definition) is 1. The highest BCUT2D eigenvalue weighted by atomic mass is 35.5. The van der Waals surface area contributed by atoms with Gasteiger partial charge in [0.2, 0.25) is 0 Å². The standard InChI is InChI=1S/C19H17ClFNO4/c1-2-25-17-9-4-3-8-16(17)22-18(23)12-26-19(24)11-10-13-14(20)6-5-7-15(13)21/h3-11H,2,12H2,1H3,(H,22,23)/b11-10+. The highest BCUT2D eigenvalue weighted by Gasteiger charge is 2.10. The molecule has 1 N–H and O–H groups in total. The van der Waals surface area contributed by atoms with Gasteiger partial charge < -0.3 is 14.8 Å². The molecule has 7 heteroatoms. The van der Waals surface area contributed by atoms with E-state index in [0.29, 0.717) is 18.0 Å². The summed E-state index contributed by atoms with van der Waals surface area (Å²) >= 11 is 5.85. The predicted octanol–water partition coefficient (Wildman–Crippen LogP) is 4.07. The molecule has 136 valence electrons. The summed E-state index contributed by atoms with van der Waals surface area (Å²) in [6.07, 6.45) is 2.20. The molecule has 2 aromatic rings. The number of halogens is 2. The molecule has 0 heterocycles. The van der Waals surface area contributed by atoms with Crippen molar-refractivity contribution in [1.29, 1.82) is 0 Å². The Labute approximate surface area is 155 Å². The van der Waals surface area contributed by atoms with Crippen LogP contribution in [0.1, 0.15) is 12.5 Å². The van der Waals surface area contributed by atoms with Crippen molar-refractivity contribution in [3.63, 3.8) is 0 Å². The molecule has 1 amide bonds. The topological polar surface area (TPSA) is 64.6 Å². The van der Waals surface area contributed by atoms with Crippen LogP contribution in [-0.2, 0) is 14.3 Å². The van der Waals surface area contributed by atoms with Gasteiger partial charge in [-0.2, -0.15) is 0 Å². The Bertz CT molecular complexity index is 803. The summed E-state index contributed by atoms with van der Waals surface area (Å²) in [7, 11) is 0. The Morgan fingerprint density at radius 2 is 1.96 bits per heavy atom. The first-order valence-electron chi connectivity index (χ1n) is 7.81. The normalized spacial score (nSPS) is 10.6. The van der Waals surface area contributed by atoms with Gasteiger partial charge in [0.15, 0.2) is 6.61 Å². The number of carbonyl (C=O) groups is 2. The zero-order valence-electron chi connectivity index (χ0n) is 14.0. The molecule has 0 fully saturated rings. The van der Waals surface area contributed by atoms with E-state index in [0.717, 1.165) is 6.08 Å². The average Bonchev–Trinajstić information content (AvgIpc) is 2.61. The van der Waals surface area contributed by atoms with E-state index in [4.69, 9.17) is 21.1 Å². The fraction of sp³-hybridized carbons (Fsp3) is 0.158. The van der Waals surface area contributed by atoms with Crippen molar-refractivity contribution in [1.82, 2.24) is 0 Å². The third-order valence-electron chi connectivity index (χ3n) is 3.19. The molecule has 26 heavy (non-hydrogen) atoms. The number of benzene rings is 2. The minimum atomic E-state index is -0.794. The van der Waals surface area contributed by atoms with Gasteiger partial charge in [0, 0.05) is 11.6 Å². The minimum absolute atomic E-state index is 0.0706. The number of para-hydroxylation sites is 2. The molecule has 0 aromatic heterocycles. The lowest BCUT2D eigenvalue weighted by atomic mass is 10.2. The lowest BCUT2D eigenvalue weighted by Crippen LogP contribution is -2.20. The van der Waals surface area contributed by atoms with Crippen LogP contribution < -0.4 is 10.1 Å². The molecule has 2 aromatic carbocycles. The fourth-order valence-electron chi connectivity index (χ4n) is 2.04. The van der Waals surface area contributed by atoms with Crippen LogP contribution in [-0.4, -0.2) is 25.1 Å². The van der Waals surface area contributed by atoms with E-state index in [2.05, 4.69) is 5.32 Å². The molecule has 0 spiro atoms. The van der Waals surface area contributed by atoms with Crippen molar-refractivity contribution >= 4 is 35.2 Å². The summed E-state index contributed by atoms with van der Waals surface area (Å²) in [4.78, 5) is 23.6. The smallest absolute Gasteiger partial charge is 0.331 e. The Balaban J connectivity index is 1.89. The zero-order chi connectivity index (χ0) is 18.9. The fourth-order valence-corrected chi connectivity index (χ4v) is 2.27. The molecular weight excluding hydrogens is 361 g/mol. The van der Waals surface area contributed by atoms with Gasteiger partial charge >= 0.3 is 5.97 Å². The highest BCUT2D eigenvalue weighted by molar-refractivity contribution is 6.32. The van der Waals surface area contributed by atoms with Gasteiger partial charge in [-0.3, -0.25) is 4.79 Å². The SMILES string of the molecule is CCOc1ccccc1NC(=O)COC(=O)/C=C/c1c(F)cccc1Cl. The lowest BCUT2D eigenvalue weighted by molar-refractivity contribution is -0.142. The van der Waals surface area contributed by atoms with Crippen molar-refractivity contribution in [2.75, 3.05) is 18.5 Å². The molecule has 0 radical (unpaired) electrons. The van der Waals surface area contributed by atoms with Crippen LogP contribution in [0.2, 0.25) is 5.02 Å². The summed E-state index contributed by atoms with van der Waals surface area (Å²) in [6, 6.07) is 11.1. The molecule has 0 saturated carbocycles.